The number of benzene rings is 1. The van der Waals surface area contributed by atoms with Crippen molar-refractivity contribution in [2.75, 3.05) is 33.2 Å². The molecule has 3 rings (SSSR count). The molecular formula is C17H17F3N4O4S2. The largest absolute Gasteiger partial charge is 0.416 e. The van der Waals surface area contributed by atoms with Crippen LogP contribution in [0.4, 0.5) is 18.9 Å². The van der Waals surface area contributed by atoms with E-state index in [0.29, 0.717) is 32.2 Å². The van der Waals surface area contributed by atoms with E-state index in [0.717, 1.165) is 30.1 Å². The molecule has 2 heterocycles. The van der Waals surface area contributed by atoms with Crippen LogP contribution in [0.2, 0.25) is 0 Å². The Morgan fingerprint density at radius 2 is 1.80 bits per heavy atom. The molecule has 1 aliphatic rings. The van der Waals surface area contributed by atoms with E-state index in [1.165, 1.54) is 16.4 Å². The fourth-order valence-electron chi connectivity index (χ4n) is 2.79. The second-order valence-electron chi connectivity index (χ2n) is 6.58. The summed E-state index contributed by atoms with van der Waals surface area (Å²) in [5.74, 6) is 0. The molecule has 13 heteroatoms. The summed E-state index contributed by atoms with van der Waals surface area (Å²) in [6, 6.07) is 4.92. The third-order valence-electron chi connectivity index (χ3n) is 4.51. The first-order valence-corrected chi connectivity index (χ1v) is 10.9. The number of nitrogens with zero attached hydrogens (tertiary/aromatic N) is 4. The van der Waals surface area contributed by atoms with Crippen LogP contribution in [-0.4, -0.2) is 60.8 Å². The van der Waals surface area contributed by atoms with Gasteiger partial charge in [0, 0.05) is 38.4 Å². The van der Waals surface area contributed by atoms with E-state index in [9.17, 15) is 31.7 Å². The molecule has 1 aromatic carbocycles. The molecule has 1 aromatic heterocycles. The molecule has 0 saturated carbocycles. The van der Waals surface area contributed by atoms with E-state index in [2.05, 4.69) is 4.98 Å². The number of hydrogen-bond acceptors (Lipinski definition) is 7. The molecule has 0 unspecified atom stereocenters. The number of sulfonamides is 1. The minimum Gasteiger partial charge on any atom is -0.304 e. The maximum atomic E-state index is 12.8. The van der Waals surface area contributed by atoms with Gasteiger partial charge in [-0.2, -0.15) is 17.5 Å². The Bertz CT molecular complexity index is 1040. The molecule has 1 fully saturated rings. The number of hydrogen-bond donors (Lipinski definition) is 0. The van der Waals surface area contributed by atoms with Crippen LogP contribution < -0.4 is 0 Å². The summed E-state index contributed by atoms with van der Waals surface area (Å²) >= 11 is 0.782. The molecule has 162 valence electrons. The van der Waals surface area contributed by atoms with Crippen LogP contribution in [0, 0.1) is 10.1 Å². The summed E-state index contributed by atoms with van der Waals surface area (Å²) in [5.41, 5.74) is -1.83. The van der Waals surface area contributed by atoms with Crippen LogP contribution >= 0.6 is 11.8 Å². The van der Waals surface area contributed by atoms with Crippen molar-refractivity contribution in [1.82, 2.24) is 14.2 Å². The Hall–Kier alpha value is -2.22. The first-order chi connectivity index (χ1) is 14.0. The van der Waals surface area contributed by atoms with Crippen LogP contribution in [0.25, 0.3) is 0 Å². The van der Waals surface area contributed by atoms with Gasteiger partial charge in [0.2, 0.25) is 10.0 Å². The van der Waals surface area contributed by atoms with Gasteiger partial charge in [0.25, 0.3) is 5.69 Å². The van der Waals surface area contributed by atoms with Gasteiger partial charge in [-0.25, -0.2) is 13.4 Å². The maximum Gasteiger partial charge on any atom is 0.416 e. The fourth-order valence-corrected chi connectivity index (χ4v) is 5.00. The number of alkyl halides is 3. The number of rotatable bonds is 5. The first-order valence-electron chi connectivity index (χ1n) is 8.67. The zero-order valence-electron chi connectivity index (χ0n) is 15.7. The maximum absolute atomic E-state index is 12.8. The second kappa shape index (κ2) is 8.49. The summed E-state index contributed by atoms with van der Waals surface area (Å²) in [6.07, 6.45) is -3.56. The lowest BCUT2D eigenvalue weighted by Crippen LogP contribution is -2.47. The molecule has 0 bridgehead atoms. The summed E-state index contributed by atoms with van der Waals surface area (Å²) < 4.78 is 65.2. The summed E-state index contributed by atoms with van der Waals surface area (Å²) in [7, 11) is -1.82. The third-order valence-corrected chi connectivity index (χ3v) is 7.40. The normalized spacial score (nSPS) is 16.5. The molecule has 2 aromatic rings. The van der Waals surface area contributed by atoms with Crippen LogP contribution in [0.5, 0.6) is 0 Å². The lowest BCUT2D eigenvalue weighted by atomic mass is 10.2. The van der Waals surface area contributed by atoms with Crippen molar-refractivity contribution in [2.24, 2.45) is 0 Å². The number of nitro groups is 1. The van der Waals surface area contributed by atoms with Gasteiger partial charge < -0.3 is 4.90 Å². The van der Waals surface area contributed by atoms with Gasteiger partial charge in [-0.15, -0.1) is 0 Å². The topological polar surface area (TPSA) is 96.7 Å². The highest BCUT2D eigenvalue weighted by molar-refractivity contribution is 7.99. The third kappa shape index (κ3) is 4.91. The molecule has 0 spiro atoms. The van der Waals surface area contributed by atoms with Crippen molar-refractivity contribution in [2.45, 2.75) is 21.0 Å². The van der Waals surface area contributed by atoms with Gasteiger partial charge in [-0.05, 0) is 31.3 Å². The Labute approximate surface area is 174 Å². The van der Waals surface area contributed by atoms with Crippen molar-refractivity contribution in [3.8, 4) is 0 Å². The molecule has 0 aliphatic carbocycles. The zero-order chi connectivity index (χ0) is 22.1. The second-order valence-corrected chi connectivity index (χ2v) is 9.58. The summed E-state index contributed by atoms with van der Waals surface area (Å²) in [4.78, 5) is 16.3. The molecular weight excluding hydrogens is 445 g/mol. The van der Waals surface area contributed by atoms with E-state index in [1.54, 1.807) is 0 Å². The Balaban J connectivity index is 1.81. The van der Waals surface area contributed by atoms with E-state index >= 15 is 0 Å². The van der Waals surface area contributed by atoms with Crippen LogP contribution in [-0.2, 0) is 16.2 Å². The lowest BCUT2D eigenvalue weighted by molar-refractivity contribution is -0.388. The molecule has 0 N–H and O–H groups in total. The van der Waals surface area contributed by atoms with E-state index < -0.39 is 32.4 Å². The smallest absolute Gasteiger partial charge is 0.304 e. The van der Waals surface area contributed by atoms with Crippen molar-refractivity contribution < 1.29 is 26.5 Å². The molecule has 30 heavy (non-hydrogen) atoms. The number of halogens is 3. The average Bonchev–Trinajstić information content (AvgIpc) is 2.68. The van der Waals surface area contributed by atoms with Gasteiger partial charge in [-0.3, -0.25) is 10.1 Å². The number of aromatic nitrogens is 1. The van der Waals surface area contributed by atoms with Crippen molar-refractivity contribution in [3.05, 3.63) is 52.2 Å². The highest BCUT2D eigenvalue weighted by Gasteiger charge is 2.33. The van der Waals surface area contributed by atoms with Crippen molar-refractivity contribution >= 4 is 27.5 Å². The van der Waals surface area contributed by atoms with Gasteiger partial charge >= 0.3 is 6.18 Å². The Kier molecular flexibility index (Phi) is 6.36. The van der Waals surface area contributed by atoms with Gasteiger partial charge in [0.1, 0.15) is 9.92 Å². The first kappa shape index (κ1) is 22.5. The summed E-state index contributed by atoms with van der Waals surface area (Å²) in [5, 5.41) is 11.4. The van der Waals surface area contributed by atoms with Gasteiger partial charge in [0.15, 0.2) is 0 Å². The van der Waals surface area contributed by atoms with Gasteiger partial charge in [-0.1, -0.05) is 11.8 Å². The highest BCUT2D eigenvalue weighted by atomic mass is 32.2. The molecule has 1 saturated heterocycles. The molecule has 1 aliphatic heterocycles. The molecule has 0 amide bonds. The fraction of sp³-hybridized carbons (Fsp3) is 0.353. The van der Waals surface area contributed by atoms with Crippen molar-refractivity contribution in [3.63, 3.8) is 0 Å². The van der Waals surface area contributed by atoms with E-state index in [4.69, 9.17) is 0 Å². The monoisotopic (exact) mass is 462 g/mol. The van der Waals surface area contributed by atoms with Crippen LogP contribution in [0.15, 0.2) is 51.3 Å². The average molecular weight is 462 g/mol. The van der Waals surface area contributed by atoms with E-state index in [-0.39, 0.29) is 14.8 Å². The number of likely N-dealkylation sites (N-methyl/N-ethyl adjacent to an activating group) is 1. The zero-order valence-corrected chi connectivity index (χ0v) is 17.3. The summed E-state index contributed by atoms with van der Waals surface area (Å²) in [6.45, 7) is 1.93. The Morgan fingerprint density at radius 1 is 1.13 bits per heavy atom. The quantitative estimate of drug-likeness (QED) is 0.498. The Morgan fingerprint density at radius 3 is 2.33 bits per heavy atom. The van der Waals surface area contributed by atoms with Gasteiger partial charge in [0.05, 0.1) is 15.4 Å². The van der Waals surface area contributed by atoms with E-state index in [1.807, 2.05) is 11.9 Å². The van der Waals surface area contributed by atoms with Crippen LogP contribution in [0.3, 0.4) is 0 Å². The highest BCUT2D eigenvalue weighted by Crippen LogP contribution is 2.38. The molecule has 0 radical (unpaired) electrons. The predicted molar refractivity (Wildman–Crippen MR) is 103 cm³/mol. The minimum atomic E-state index is -4.70. The lowest BCUT2D eigenvalue weighted by Gasteiger charge is -2.31. The number of pyridine rings is 1. The molecule has 8 nitrogen and oxygen atoms in total. The van der Waals surface area contributed by atoms with Crippen molar-refractivity contribution in [1.29, 1.82) is 0 Å². The number of piperazine rings is 1. The standard InChI is InChI=1S/C17H17F3N4O4S2/c1-22-6-8-23(9-7-22)30(27,28)13-3-5-16(21-11-13)29-15-4-2-12(17(18,19)20)10-14(15)24(25)26/h2-5,10-11H,6-9H2,1H3. The van der Waals surface area contributed by atoms with Crippen LogP contribution in [0.1, 0.15) is 5.56 Å². The number of nitro benzene ring substituents is 1. The minimum absolute atomic E-state index is 0.0154. The molecule has 0 atom stereocenters. The predicted octanol–water partition coefficient (Wildman–Crippen LogP) is 3.10. The SMILES string of the molecule is CN1CCN(S(=O)(=O)c2ccc(Sc3ccc(C(F)(F)F)cc3[N+](=O)[O-])nc2)CC1.